The van der Waals surface area contributed by atoms with E-state index in [2.05, 4.69) is 5.43 Å². The standard InChI is InChI=1S/C9H15N3O/c1-3-9(2,10)8(13)11-12-6-4-5-7-12/h4-7H,3,10H2,1-2H3,(H,11,13). The summed E-state index contributed by atoms with van der Waals surface area (Å²) in [5.41, 5.74) is 7.62. The summed E-state index contributed by atoms with van der Waals surface area (Å²) in [7, 11) is 0. The van der Waals surface area contributed by atoms with E-state index in [4.69, 9.17) is 5.73 Å². The van der Waals surface area contributed by atoms with Crippen LogP contribution in [0.1, 0.15) is 20.3 Å². The molecule has 1 atom stereocenters. The molecule has 0 radical (unpaired) electrons. The number of amides is 1. The molecule has 4 heteroatoms. The smallest absolute Gasteiger partial charge is 0.258 e. The molecular formula is C9H15N3O. The Bertz CT molecular complexity index is 277. The van der Waals surface area contributed by atoms with Gasteiger partial charge in [-0.15, -0.1) is 0 Å². The van der Waals surface area contributed by atoms with Gasteiger partial charge in [0.25, 0.3) is 5.91 Å². The second kappa shape index (κ2) is 3.62. The summed E-state index contributed by atoms with van der Waals surface area (Å²) in [5.74, 6) is -0.175. The van der Waals surface area contributed by atoms with Crippen LogP contribution in [0.15, 0.2) is 24.5 Å². The van der Waals surface area contributed by atoms with Gasteiger partial charge in [-0.2, -0.15) is 0 Å². The van der Waals surface area contributed by atoms with Crippen LogP contribution in [0, 0.1) is 0 Å². The van der Waals surface area contributed by atoms with Crippen molar-refractivity contribution in [3.05, 3.63) is 24.5 Å². The summed E-state index contributed by atoms with van der Waals surface area (Å²) in [6.07, 6.45) is 4.12. The van der Waals surface area contributed by atoms with E-state index in [1.54, 1.807) is 24.0 Å². The Hall–Kier alpha value is -1.29. The molecule has 13 heavy (non-hydrogen) atoms. The highest BCUT2D eigenvalue weighted by Crippen LogP contribution is 2.04. The van der Waals surface area contributed by atoms with Crippen molar-refractivity contribution < 1.29 is 4.79 Å². The number of rotatable bonds is 3. The van der Waals surface area contributed by atoms with Crippen molar-refractivity contribution in [2.24, 2.45) is 5.73 Å². The lowest BCUT2D eigenvalue weighted by atomic mass is 10.0. The third-order valence-electron chi connectivity index (χ3n) is 2.09. The number of hydrogen-bond acceptors (Lipinski definition) is 2. The zero-order valence-corrected chi connectivity index (χ0v) is 7.95. The number of carbonyl (C=O) groups excluding carboxylic acids is 1. The normalized spacial score (nSPS) is 15.0. The van der Waals surface area contributed by atoms with Gasteiger partial charge in [0, 0.05) is 12.4 Å². The van der Waals surface area contributed by atoms with Crippen LogP contribution < -0.4 is 11.2 Å². The zero-order chi connectivity index (χ0) is 9.90. The minimum atomic E-state index is -0.801. The number of nitrogens with one attached hydrogen (secondary N) is 1. The van der Waals surface area contributed by atoms with Crippen molar-refractivity contribution >= 4 is 5.91 Å². The van der Waals surface area contributed by atoms with Gasteiger partial charge in [0.05, 0.1) is 5.54 Å². The molecule has 0 aliphatic rings. The van der Waals surface area contributed by atoms with E-state index < -0.39 is 5.54 Å². The molecular weight excluding hydrogens is 166 g/mol. The third kappa shape index (κ3) is 2.32. The second-order valence-electron chi connectivity index (χ2n) is 3.30. The molecule has 72 valence electrons. The van der Waals surface area contributed by atoms with Gasteiger partial charge in [-0.3, -0.25) is 14.9 Å². The highest BCUT2D eigenvalue weighted by Gasteiger charge is 2.25. The SMILES string of the molecule is CCC(C)(N)C(=O)Nn1cccc1. The Morgan fingerprint density at radius 1 is 1.54 bits per heavy atom. The number of nitrogens with zero attached hydrogens (tertiary/aromatic N) is 1. The van der Waals surface area contributed by atoms with Gasteiger partial charge in [0.15, 0.2) is 0 Å². The molecule has 1 rings (SSSR count). The van der Waals surface area contributed by atoms with E-state index in [0.29, 0.717) is 6.42 Å². The quantitative estimate of drug-likeness (QED) is 0.720. The van der Waals surface area contributed by atoms with Crippen molar-refractivity contribution in [3.63, 3.8) is 0 Å². The largest absolute Gasteiger partial charge is 0.318 e. The first-order valence-corrected chi connectivity index (χ1v) is 4.29. The summed E-state index contributed by atoms with van der Waals surface area (Å²) in [5, 5.41) is 0. The predicted molar refractivity (Wildman–Crippen MR) is 51.7 cm³/mol. The molecule has 0 aliphatic carbocycles. The van der Waals surface area contributed by atoms with Crippen LogP contribution in [0.3, 0.4) is 0 Å². The molecule has 1 unspecified atom stereocenters. The summed E-state index contributed by atoms with van der Waals surface area (Å²) < 4.78 is 1.59. The van der Waals surface area contributed by atoms with E-state index in [-0.39, 0.29) is 5.91 Å². The van der Waals surface area contributed by atoms with E-state index in [9.17, 15) is 4.79 Å². The van der Waals surface area contributed by atoms with Gasteiger partial charge in [-0.1, -0.05) is 6.92 Å². The molecule has 0 aromatic carbocycles. The highest BCUT2D eigenvalue weighted by molar-refractivity contribution is 5.92. The van der Waals surface area contributed by atoms with E-state index in [0.717, 1.165) is 0 Å². The molecule has 1 aromatic heterocycles. The van der Waals surface area contributed by atoms with Gasteiger partial charge in [0.1, 0.15) is 0 Å². The van der Waals surface area contributed by atoms with Crippen molar-refractivity contribution in [3.8, 4) is 0 Å². The number of aromatic nitrogens is 1. The van der Waals surface area contributed by atoms with Crippen LogP contribution in [-0.4, -0.2) is 16.1 Å². The van der Waals surface area contributed by atoms with Crippen molar-refractivity contribution in [1.82, 2.24) is 4.68 Å². The van der Waals surface area contributed by atoms with Crippen molar-refractivity contribution in [2.45, 2.75) is 25.8 Å². The number of hydrogen-bond donors (Lipinski definition) is 2. The van der Waals surface area contributed by atoms with Crippen molar-refractivity contribution in [2.75, 3.05) is 5.43 Å². The zero-order valence-electron chi connectivity index (χ0n) is 7.95. The minimum Gasteiger partial charge on any atom is -0.318 e. The Morgan fingerprint density at radius 3 is 2.54 bits per heavy atom. The van der Waals surface area contributed by atoms with Gasteiger partial charge in [-0.05, 0) is 25.5 Å². The molecule has 0 aliphatic heterocycles. The summed E-state index contributed by atoms with van der Waals surface area (Å²) in [6.45, 7) is 3.60. The topological polar surface area (TPSA) is 60.1 Å². The minimum absolute atomic E-state index is 0.175. The maximum Gasteiger partial charge on any atom is 0.258 e. The summed E-state index contributed by atoms with van der Waals surface area (Å²) in [4.78, 5) is 11.5. The molecule has 1 heterocycles. The monoisotopic (exact) mass is 181 g/mol. The van der Waals surface area contributed by atoms with Crippen molar-refractivity contribution in [1.29, 1.82) is 0 Å². The number of nitrogens with two attached hydrogens (primary N) is 1. The Labute approximate surface area is 77.7 Å². The van der Waals surface area contributed by atoms with Gasteiger partial charge < -0.3 is 5.73 Å². The lowest BCUT2D eigenvalue weighted by molar-refractivity contribution is -0.121. The Kier molecular flexibility index (Phi) is 2.72. The molecule has 1 aromatic rings. The first-order chi connectivity index (χ1) is 6.06. The molecule has 0 bridgehead atoms. The highest BCUT2D eigenvalue weighted by atomic mass is 16.2. The van der Waals surface area contributed by atoms with Crippen LogP contribution in [0.2, 0.25) is 0 Å². The molecule has 0 fully saturated rings. The molecule has 0 saturated heterocycles. The van der Waals surface area contributed by atoms with Crippen LogP contribution in [-0.2, 0) is 4.79 Å². The maximum absolute atomic E-state index is 11.5. The van der Waals surface area contributed by atoms with E-state index >= 15 is 0 Å². The number of carbonyl (C=O) groups is 1. The fourth-order valence-electron chi connectivity index (χ4n) is 0.815. The lowest BCUT2D eigenvalue weighted by Gasteiger charge is -2.21. The van der Waals surface area contributed by atoms with Gasteiger partial charge >= 0.3 is 0 Å². The summed E-state index contributed by atoms with van der Waals surface area (Å²) in [6, 6.07) is 3.67. The average Bonchev–Trinajstić information content (AvgIpc) is 2.57. The first-order valence-electron chi connectivity index (χ1n) is 4.29. The Morgan fingerprint density at radius 2 is 2.08 bits per heavy atom. The van der Waals surface area contributed by atoms with E-state index in [1.807, 2.05) is 19.1 Å². The predicted octanol–water partition coefficient (Wildman–Crippen LogP) is 0.686. The van der Waals surface area contributed by atoms with Crippen LogP contribution >= 0.6 is 0 Å². The fraction of sp³-hybridized carbons (Fsp3) is 0.444. The molecule has 0 saturated carbocycles. The Balaban J connectivity index is 2.61. The lowest BCUT2D eigenvalue weighted by Crippen LogP contribution is -2.49. The van der Waals surface area contributed by atoms with Gasteiger partial charge in [-0.25, -0.2) is 0 Å². The maximum atomic E-state index is 11.5. The van der Waals surface area contributed by atoms with Crippen LogP contribution in [0.5, 0.6) is 0 Å². The van der Waals surface area contributed by atoms with Gasteiger partial charge in [0.2, 0.25) is 0 Å². The summed E-state index contributed by atoms with van der Waals surface area (Å²) >= 11 is 0. The third-order valence-corrected chi connectivity index (χ3v) is 2.09. The molecule has 3 N–H and O–H groups in total. The fourth-order valence-corrected chi connectivity index (χ4v) is 0.815. The molecule has 4 nitrogen and oxygen atoms in total. The van der Waals surface area contributed by atoms with E-state index in [1.165, 1.54) is 0 Å². The van der Waals surface area contributed by atoms with Crippen LogP contribution in [0.25, 0.3) is 0 Å². The average molecular weight is 181 g/mol. The first kappa shape index (κ1) is 9.80. The molecule has 0 spiro atoms. The second-order valence-corrected chi connectivity index (χ2v) is 3.30. The van der Waals surface area contributed by atoms with Crippen LogP contribution in [0.4, 0.5) is 0 Å². The molecule has 1 amide bonds.